The summed E-state index contributed by atoms with van der Waals surface area (Å²) in [5.41, 5.74) is 5.14. The second-order valence-corrected chi connectivity index (χ2v) is 8.68. The lowest BCUT2D eigenvalue weighted by atomic mass is 10.0. The molecule has 4 aromatic rings. The Labute approximate surface area is 178 Å². The number of aryl methyl sites for hydroxylation is 3. The molecule has 0 bridgehead atoms. The summed E-state index contributed by atoms with van der Waals surface area (Å²) >= 11 is 7.68. The van der Waals surface area contributed by atoms with Crippen molar-refractivity contribution in [1.29, 1.82) is 0 Å². The molecular weight excluding hydrogens is 404 g/mol. The van der Waals surface area contributed by atoms with Crippen LogP contribution < -0.4 is 4.90 Å². The summed E-state index contributed by atoms with van der Waals surface area (Å²) < 4.78 is 6.47. The normalized spacial score (nSPS) is 11.2. The number of carbonyl (C=O) groups excluding carboxylic acids is 1. The number of amides is 1. The van der Waals surface area contributed by atoms with Gasteiger partial charge in [-0.25, -0.2) is 4.98 Å². The van der Waals surface area contributed by atoms with Gasteiger partial charge in [-0.3, -0.25) is 9.69 Å². The lowest BCUT2D eigenvalue weighted by Gasteiger charge is -2.19. The highest BCUT2D eigenvalue weighted by Crippen LogP contribution is 2.34. The molecule has 0 unspecified atom stereocenters. The van der Waals surface area contributed by atoms with Gasteiger partial charge in [-0.05, 0) is 61.7 Å². The predicted octanol–water partition coefficient (Wildman–Crippen LogP) is 6.24. The van der Waals surface area contributed by atoms with Crippen LogP contribution in [0, 0.1) is 20.8 Å². The van der Waals surface area contributed by atoms with Crippen LogP contribution in [0.2, 0.25) is 5.02 Å². The molecule has 0 saturated heterocycles. The van der Waals surface area contributed by atoms with Crippen LogP contribution in [0.25, 0.3) is 10.2 Å². The summed E-state index contributed by atoms with van der Waals surface area (Å²) in [6.07, 6.45) is 1.93. The molecule has 2 aromatic carbocycles. The van der Waals surface area contributed by atoms with Gasteiger partial charge in [-0.1, -0.05) is 46.7 Å². The van der Waals surface area contributed by atoms with Gasteiger partial charge in [-0.15, -0.1) is 0 Å². The molecule has 0 atom stereocenters. The van der Waals surface area contributed by atoms with Crippen molar-refractivity contribution in [2.75, 3.05) is 4.90 Å². The number of aromatic nitrogens is 1. The summed E-state index contributed by atoms with van der Waals surface area (Å²) in [5, 5.41) is 1.32. The molecule has 0 N–H and O–H groups in total. The summed E-state index contributed by atoms with van der Waals surface area (Å²) in [7, 11) is 0. The molecule has 4 nitrogen and oxygen atoms in total. The Hall–Kier alpha value is -2.63. The number of fused-ring (bicyclic) bond motifs is 1. The third-order valence-electron chi connectivity index (χ3n) is 4.91. The van der Waals surface area contributed by atoms with Crippen LogP contribution in [0.1, 0.15) is 28.0 Å². The van der Waals surface area contributed by atoms with Gasteiger partial charge in [0.1, 0.15) is 5.76 Å². The van der Waals surface area contributed by atoms with E-state index in [1.165, 1.54) is 11.3 Å². The van der Waals surface area contributed by atoms with E-state index >= 15 is 0 Å². The van der Waals surface area contributed by atoms with E-state index in [-0.39, 0.29) is 5.91 Å². The van der Waals surface area contributed by atoms with E-state index < -0.39 is 0 Å². The molecule has 4 rings (SSSR count). The molecule has 148 valence electrons. The average molecular weight is 425 g/mol. The Morgan fingerprint density at radius 3 is 2.72 bits per heavy atom. The van der Waals surface area contributed by atoms with Crippen LogP contribution in [0.5, 0.6) is 0 Å². The van der Waals surface area contributed by atoms with Crippen molar-refractivity contribution in [2.45, 2.75) is 33.7 Å². The average Bonchev–Trinajstić information content (AvgIpc) is 3.32. The van der Waals surface area contributed by atoms with Gasteiger partial charge in [0, 0.05) is 5.02 Å². The van der Waals surface area contributed by atoms with Crippen molar-refractivity contribution >= 4 is 44.2 Å². The summed E-state index contributed by atoms with van der Waals surface area (Å²) in [6.45, 7) is 6.38. The molecular formula is C23H21ClN2O2S. The van der Waals surface area contributed by atoms with Crippen LogP contribution in [0.4, 0.5) is 5.13 Å². The molecule has 6 heteroatoms. The second kappa shape index (κ2) is 8.01. The zero-order valence-corrected chi connectivity index (χ0v) is 18.1. The highest BCUT2D eigenvalue weighted by atomic mass is 35.5. The molecule has 2 heterocycles. The van der Waals surface area contributed by atoms with Crippen LogP contribution in [-0.4, -0.2) is 10.9 Å². The number of hydrogen-bond acceptors (Lipinski definition) is 4. The van der Waals surface area contributed by atoms with E-state index in [0.717, 1.165) is 32.5 Å². The zero-order valence-electron chi connectivity index (χ0n) is 16.5. The quantitative estimate of drug-likeness (QED) is 0.380. The molecule has 0 aliphatic rings. The number of hydrogen-bond donors (Lipinski definition) is 0. The second-order valence-electron chi connectivity index (χ2n) is 7.23. The van der Waals surface area contributed by atoms with Crippen molar-refractivity contribution < 1.29 is 9.21 Å². The molecule has 0 aliphatic heterocycles. The number of rotatable bonds is 5. The summed E-state index contributed by atoms with van der Waals surface area (Å²) in [4.78, 5) is 19.8. The third kappa shape index (κ3) is 4.21. The van der Waals surface area contributed by atoms with Gasteiger partial charge in [0.25, 0.3) is 0 Å². The summed E-state index contributed by atoms with van der Waals surface area (Å²) in [6, 6.07) is 13.7. The number of thiazole rings is 1. The highest BCUT2D eigenvalue weighted by molar-refractivity contribution is 7.22. The van der Waals surface area contributed by atoms with Gasteiger partial charge in [0.15, 0.2) is 5.13 Å². The van der Waals surface area contributed by atoms with E-state index in [1.807, 2.05) is 45.0 Å². The van der Waals surface area contributed by atoms with E-state index in [2.05, 4.69) is 18.2 Å². The van der Waals surface area contributed by atoms with Gasteiger partial charge >= 0.3 is 0 Å². The van der Waals surface area contributed by atoms with Crippen LogP contribution >= 0.6 is 22.9 Å². The molecule has 29 heavy (non-hydrogen) atoms. The zero-order chi connectivity index (χ0) is 20.5. The number of halogens is 1. The van der Waals surface area contributed by atoms with Crippen LogP contribution in [0.15, 0.2) is 53.1 Å². The first kappa shape index (κ1) is 19.7. The van der Waals surface area contributed by atoms with Crippen molar-refractivity contribution in [1.82, 2.24) is 4.98 Å². The lowest BCUT2D eigenvalue weighted by Crippen LogP contribution is -2.31. The Bertz CT molecular complexity index is 1180. The Kier molecular flexibility index (Phi) is 5.43. The smallest absolute Gasteiger partial charge is 0.233 e. The first-order chi connectivity index (χ1) is 13.9. The molecule has 1 amide bonds. The van der Waals surface area contributed by atoms with Crippen molar-refractivity contribution in [3.8, 4) is 0 Å². The minimum absolute atomic E-state index is 0.0158. The largest absolute Gasteiger partial charge is 0.467 e. The number of anilines is 1. The first-order valence-electron chi connectivity index (χ1n) is 9.36. The Balaban J connectivity index is 1.72. The fourth-order valence-corrected chi connectivity index (χ4v) is 4.76. The van der Waals surface area contributed by atoms with E-state index in [1.54, 1.807) is 11.2 Å². The van der Waals surface area contributed by atoms with Gasteiger partial charge < -0.3 is 4.42 Å². The number of carbonyl (C=O) groups is 1. The van der Waals surface area contributed by atoms with Gasteiger partial charge in [-0.2, -0.15) is 0 Å². The fourth-order valence-electron chi connectivity index (χ4n) is 3.33. The maximum absolute atomic E-state index is 13.4. The van der Waals surface area contributed by atoms with Gasteiger partial charge in [0.05, 0.1) is 29.4 Å². The maximum Gasteiger partial charge on any atom is 0.233 e. The molecule has 0 aliphatic carbocycles. The van der Waals surface area contributed by atoms with E-state index in [4.69, 9.17) is 21.0 Å². The SMILES string of the molecule is Cc1ccc(C)c(CC(=O)N(Cc2ccco2)c2nc3c(C)cc(Cl)cc3s2)c1. The monoisotopic (exact) mass is 424 g/mol. The Morgan fingerprint density at radius 1 is 1.14 bits per heavy atom. The number of furan rings is 1. The lowest BCUT2D eigenvalue weighted by molar-refractivity contribution is -0.118. The van der Waals surface area contributed by atoms with Crippen LogP contribution in [0.3, 0.4) is 0 Å². The minimum atomic E-state index is -0.0158. The standard InChI is InChI=1S/C23H21ClN2O2S/c1-14-6-7-15(2)17(9-14)11-21(27)26(13-19-5-4-8-28-19)23-25-22-16(3)10-18(24)12-20(22)29-23/h4-10,12H,11,13H2,1-3H3. The predicted molar refractivity (Wildman–Crippen MR) is 119 cm³/mol. The van der Waals surface area contributed by atoms with Gasteiger partial charge in [0.2, 0.25) is 5.91 Å². The van der Waals surface area contributed by atoms with Crippen molar-refractivity contribution in [3.63, 3.8) is 0 Å². The van der Waals surface area contributed by atoms with Crippen molar-refractivity contribution in [2.24, 2.45) is 0 Å². The number of nitrogens with zero attached hydrogens (tertiary/aromatic N) is 2. The minimum Gasteiger partial charge on any atom is -0.467 e. The fraction of sp³-hybridized carbons (Fsp3) is 0.217. The molecule has 2 aromatic heterocycles. The third-order valence-corrected chi connectivity index (χ3v) is 6.15. The molecule has 0 radical (unpaired) electrons. The number of benzene rings is 2. The Morgan fingerprint density at radius 2 is 1.97 bits per heavy atom. The first-order valence-corrected chi connectivity index (χ1v) is 10.6. The molecule has 0 fully saturated rings. The summed E-state index contributed by atoms with van der Waals surface area (Å²) in [5.74, 6) is 0.700. The molecule has 0 saturated carbocycles. The van der Waals surface area contributed by atoms with E-state index in [0.29, 0.717) is 28.9 Å². The molecule has 0 spiro atoms. The van der Waals surface area contributed by atoms with E-state index in [9.17, 15) is 4.79 Å². The van der Waals surface area contributed by atoms with Crippen LogP contribution in [-0.2, 0) is 17.8 Å². The highest BCUT2D eigenvalue weighted by Gasteiger charge is 2.22. The maximum atomic E-state index is 13.4. The van der Waals surface area contributed by atoms with Crippen molar-refractivity contribution in [3.05, 3.63) is 81.8 Å². The topological polar surface area (TPSA) is 46.3 Å².